The lowest BCUT2D eigenvalue weighted by Gasteiger charge is -2.29. The van der Waals surface area contributed by atoms with Crippen LogP contribution in [0.15, 0.2) is 18.2 Å². The van der Waals surface area contributed by atoms with E-state index in [1.54, 1.807) is 0 Å². The maximum atomic E-state index is 12.9. The van der Waals surface area contributed by atoms with Gasteiger partial charge in [-0.25, -0.2) is 0 Å². The Labute approximate surface area is 126 Å². The van der Waals surface area contributed by atoms with Gasteiger partial charge in [-0.3, -0.25) is 4.79 Å². The molecule has 0 aliphatic carbocycles. The van der Waals surface area contributed by atoms with E-state index in [0.29, 0.717) is 6.54 Å². The molecule has 7 heteroatoms. The van der Waals surface area contributed by atoms with Gasteiger partial charge in [0.2, 0.25) is 0 Å². The lowest BCUT2D eigenvalue weighted by Crippen LogP contribution is -2.37. The number of alkyl halides is 3. The molecular formula is C15H19F3N2O2. The van der Waals surface area contributed by atoms with Crippen LogP contribution in [0.3, 0.4) is 0 Å². The van der Waals surface area contributed by atoms with Gasteiger partial charge in [0.15, 0.2) is 0 Å². The Morgan fingerprint density at radius 1 is 1.36 bits per heavy atom. The first-order valence-electron chi connectivity index (χ1n) is 7.14. The first kappa shape index (κ1) is 16.6. The minimum absolute atomic E-state index is 0.270. The van der Waals surface area contributed by atoms with Crippen LogP contribution in [0.5, 0.6) is 5.75 Å². The van der Waals surface area contributed by atoms with E-state index >= 15 is 0 Å². The Balaban J connectivity index is 2.04. The normalized spacial score (nSPS) is 17.5. The maximum Gasteiger partial charge on any atom is 0.417 e. The molecule has 0 radical (unpaired) electrons. The first-order chi connectivity index (χ1) is 10.3. The van der Waals surface area contributed by atoms with Gasteiger partial charge in [-0.05, 0) is 57.1 Å². The lowest BCUT2D eigenvalue weighted by molar-refractivity contribution is -0.137. The number of amides is 1. The van der Waals surface area contributed by atoms with Crippen LogP contribution >= 0.6 is 0 Å². The van der Waals surface area contributed by atoms with Gasteiger partial charge in [0.05, 0.1) is 11.1 Å². The Morgan fingerprint density at radius 2 is 2.00 bits per heavy atom. The largest absolute Gasteiger partial charge is 0.508 e. The van der Waals surface area contributed by atoms with Crippen molar-refractivity contribution < 1.29 is 23.1 Å². The monoisotopic (exact) mass is 316 g/mol. The summed E-state index contributed by atoms with van der Waals surface area (Å²) < 4.78 is 38.7. The highest BCUT2D eigenvalue weighted by molar-refractivity contribution is 5.96. The molecule has 0 unspecified atom stereocenters. The van der Waals surface area contributed by atoms with Crippen molar-refractivity contribution in [3.05, 3.63) is 29.3 Å². The van der Waals surface area contributed by atoms with E-state index in [2.05, 4.69) is 10.2 Å². The molecule has 1 saturated heterocycles. The third-order valence-electron chi connectivity index (χ3n) is 3.94. The average Bonchev–Trinajstić information content (AvgIpc) is 2.45. The van der Waals surface area contributed by atoms with Gasteiger partial charge in [0.1, 0.15) is 5.75 Å². The van der Waals surface area contributed by atoms with E-state index in [4.69, 9.17) is 0 Å². The van der Waals surface area contributed by atoms with Crippen LogP contribution in [0.25, 0.3) is 0 Å². The smallest absolute Gasteiger partial charge is 0.417 e. The second-order valence-corrected chi connectivity index (χ2v) is 5.68. The van der Waals surface area contributed by atoms with Crippen LogP contribution in [0.4, 0.5) is 13.2 Å². The van der Waals surface area contributed by atoms with E-state index in [-0.39, 0.29) is 11.7 Å². The second-order valence-electron chi connectivity index (χ2n) is 5.68. The molecule has 4 nitrogen and oxygen atoms in total. The topological polar surface area (TPSA) is 52.6 Å². The van der Waals surface area contributed by atoms with Gasteiger partial charge in [-0.2, -0.15) is 13.2 Å². The van der Waals surface area contributed by atoms with Crippen molar-refractivity contribution in [1.29, 1.82) is 0 Å². The fourth-order valence-corrected chi connectivity index (χ4v) is 2.57. The molecule has 1 amide bonds. The van der Waals surface area contributed by atoms with Crippen molar-refractivity contribution in [2.75, 3.05) is 26.7 Å². The quantitative estimate of drug-likeness (QED) is 0.901. The molecule has 2 N–H and O–H groups in total. The number of nitrogens with zero attached hydrogens (tertiary/aromatic N) is 1. The molecular weight excluding hydrogens is 297 g/mol. The van der Waals surface area contributed by atoms with Crippen LogP contribution in [0, 0.1) is 5.92 Å². The molecule has 1 heterocycles. The Bertz CT molecular complexity index is 538. The average molecular weight is 316 g/mol. The number of carbonyl (C=O) groups excluding carboxylic acids is 1. The molecule has 1 aliphatic rings. The maximum absolute atomic E-state index is 12.9. The van der Waals surface area contributed by atoms with Crippen molar-refractivity contribution in [2.45, 2.75) is 19.0 Å². The summed E-state index contributed by atoms with van der Waals surface area (Å²) in [6.07, 6.45) is -2.82. The number of hydrogen-bond acceptors (Lipinski definition) is 3. The third kappa shape index (κ3) is 4.13. The Morgan fingerprint density at radius 3 is 2.59 bits per heavy atom. The fraction of sp³-hybridized carbons (Fsp3) is 0.533. The predicted octanol–water partition coefficient (Wildman–Crippen LogP) is 2.48. The number of phenolic OH excluding ortho intramolecular Hbond substituents is 1. The van der Waals surface area contributed by atoms with Crippen LogP contribution in [-0.4, -0.2) is 42.6 Å². The van der Waals surface area contributed by atoms with Crippen LogP contribution in [0.2, 0.25) is 0 Å². The van der Waals surface area contributed by atoms with Crippen LogP contribution < -0.4 is 5.32 Å². The van der Waals surface area contributed by atoms with Gasteiger partial charge in [-0.15, -0.1) is 0 Å². The number of hydrogen-bond donors (Lipinski definition) is 2. The zero-order valence-corrected chi connectivity index (χ0v) is 12.3. The summed E-state index contributed by atoms with van der Waals surface area (Å²) in [7, 11) is 2.01. The van der Waals surface area contributed by atoms with Crippen LogP contribution in [0.1, 0.15) is 28.8 Å². The summed E-state index contributed by atoms with van der Waals surface area (Å²) in [4.78, 5) is 14.2. The summed E-state index contributed by atoms with van der Waals surface area (Å²) in [5.74, 6) is -0.897. The van der Waals surface area contributed by atoms with Gasteiger partial charge in [0, 0.05) is 6.54 Å². The number of piperidine rings is 1. The summed E-state index contributed by atoms with van der Waals surface area (Å²) in [5, 5.41) is 11.9. The standard InChI is InChI=1S/C15H19F3N2O2/c1-20-6-4-10(5-7-20)9-19-14(22)12-8-11(21)2-3-13(12)15(16,17)18/h2-3,8,10,21H,4-7,9H2,1H3,(H,19,22). The van der Waals surface area contributed by atoms with E-state index in [9.17, 15) is 23.1 Å². The second kappa shape index (κ2) is 6.56. The van der Waals surface area contributed by atoms with Crippen LogP contribution in [-0.2, 0) is 6.18 Å². The highest BCUT2D eigenvalue weighted by Gasteiger charge is 2.35. The zero-order chi connectivity index (χ0) is 16.3. The van der Waals surface area contributed by atoms with Crippen molar-refractivity contribution in [2.24, 2.45) is 5.92 Å². The molecule has 1 aliphatic heterocycles. The van der Waals surface area contributed by atoms with Gasteiger partial charge in [0.25, 0.3) is 5.91 Å². The van der Waals surface area contributed by atoms with Crippen molar-refractivity contribution >= 4 is 5.91 Å². The molecule has 2 rings (SSSR count). The minimum atomic E-state index is -4.63. The molecule has 1 fully saturated rings. The molecule has 0 aromatic heterocycles. The van der Waals surface area contributed by atoms with E-state index in [1.807, 2.05) is 7.05 Å². The number of halogens is 3. The van der Waals surface area contributed by atoms with Crippen molar-refractivity contribution in [1.82, 2.24) is 10.2 Å². The highest BCUT2D eigenvalue weighted by Crippen LogP contribution is 2.33. The summed E-state index contributed by atoms with van der Waals surface area (Å²) in [6, 6.07) is 2.50. The van der Waals surface area contributed by atoms with Crippen molar-refractivity contribution in [3.8, 4) is 5.75 Å². The van der Waals surface area contributed by atoms with E-state index in [1.165, 1.54) is 0 Å². The van der Waals surface area contributed by atoms with Gasteiger partial charge < -0.3 is 15.3 Å². The predicted molar refractivity (Wildman–Crippen MR) is 75.7 cm³/mol. The molecule has 0 spiro atoms. The molecule has 0 atom stereocenters. The minimum Gasteiger partial charge on any atom is -0.508 e. The molecule has 22 heavy (non-hydrogen) atoms. The van der Waals surface area contributed by atoms with Crippen molar-refractivity contribution in [3.63, 3.8) is 0 Å². The SMILES string of the molecule is CN1CCC(CNC(=O)c2cc(O)ccc2C(F)(F)F)CC1. The molecule has 1 aromatic carbocycles. The number of phenols is 1. The number of aromatic hydroxyl groups is 1. The summed E-state index contributed by atoms with van der Waals surface area (Å²) in [5.41, 5.74) is -1.58. The Kier molecular flexibility index (Phi) is 4.95. The third-order valence-corrected chi connectivity index (χ3v) is 3.94. The highest BCUT2D eigenvalue weighted by atomic mass is 19.4. The summed E-state index contributed by atoms with van der Waals surface area (Å²) in [6.45, 7) is 2.18. The fourth-order valence-electron chi connectivity index (χ4n) is 2.57. The van der Waals surface area contributed by atoms with Gasteiger partial charge in [-0.1, -0.05) is 0 Å². The molecule has 0 bridgehead atoms. The lowest BCUT2D eigenvalue weighted by atomic mass is 9.97. The Hall–Kier alpha value is -1.76. The van der Waals surface area contributed by atoms with E-state index < -0.39 is 23.2 Å². The molecule has 0 saturated carbocycles. The summed E-state index contributed by atoms with van der Waals surface area (Å²) >= 11 is 0. The van der Waals surface area contributed by atoms with E-state index in [0.717, 1.165) is 44.1 Å². The first-order valence-corrected chi connectivity index (χ1v) is 7.14. The number of rotatable bonds is 3. The number of likely N-dealkylation sites (tertiary alicyclic amines) is 1. The number of nitrogens with one attached hydrogen (secondary N) is 1. The molecule has 1 aromatic rings. The number of benzene rings is 1. The van der Waals surface area contributed by atoms with Gasteiger partial charge >= 0.3 is 6.18 Å². The molecule has 122 valence electrons. The number of carbonyl (C=O) groups is 1. The zero-order valence-electron chi connectivity index (χ0n) is 12.3.